The third-order valence-corrected chi connectivity index (χ3v) is 2.57. The van der Waals surface area contributed by atoms with Crippen LogP contribution >= 0.6 is 0 Å². The molecular formula is C10H17NO5. The Bertz CT molecular complexity index is 268. The molecule has 0 aromatic rings. The van der Waals surface area contributed by atoms with Gasteiger partial charge in [-0.25, -0.2) is 4.79 Å². The number of aliphatic hydroxyl groups excluding tert-OH is 1. The summed E-state index contributed by atoms with van der Waals surface area (Å²) in [4.78, 5) is 22.1. The number of aliphatic carboxylic acids is 1. The van der Waals surface area contributed by atoms with Crippen LogP contribution in [-0.4, -0.2) is 46.9 Å². The summed E-state index contributed by atoms with van der Waals surface area (Å²) in [5, 5.41) is 20.4. The van der Waals surface area contributed by atoms with Gasteiger partial charge in [0.1, 0.15) is 6.10 Å². The first-order chi connectivity index (χ1) is 7.54. The lowest BCUT2D eigenvalue weighted by atomic mass is 10.2. The fourth-order valence-corrected chi connectivity index (χ4v) is 1.49. The quantitative estimate of drug-likeness (QED) is 0.593. The fourth-order valence-electron chi connectivity index (χ4n) is 1.49. The van der Waals surface area contributed by atoms with Crippen LogP contribution < -0.4 is 5.32 Å². The molecule has 1 amide bonds. The van der Waals surface area contributed by atoms with Crippen LogP contribution in [0, 0.1) is 0 Å². The topological polar surface area (TPSA) is 95.9 Å². The molecule has 0 radical (unpaired) electrons. The van der Waals surface area contributed by atoms with Crippen LogP contribution in [-0.2, 0) is 14.3 Å². The number of amides is 1. The molecule has 16 heavy (non-hydrogen) atoms. The maximum Gasteiger partial charge on any atom is 0.332 e. The molecule has 6 nitrogen and oxygen atoms in total. The van der Waals surface area contributed by atoms with Gasteiger partial charge < -0.3 is 20.3 Å². The van der Waals surface area contributed by atoms with Crippen LogP contribution in [0.1, 0.15) is 26.2 Å². The Balaban J connectivity index is 2.31. The van der Waals surface area contributed by atoms with E-state index in [1.165, 1.54) is 0 Å². The highest BCUT2D eigenvalue weighted by molar-refractivity contribution is 5.82. The van der Waals surface area contributed by atoms with Gasteiger partial charge in [-0.3, -0.25) is 4.79 Å². The number of hydrogen-bond donors (Lipinski definition) is 3. The van der Waals surface area contributed by atoms with Gasteiger partial charge in [0, 0.05) is 6.54 Å². The highest BCUT2D eigenvalue weighted by Gasteiger charge is 2.34. The molecule has 1 rings (SSSR count). The number of rotatable bonds is 5. The minimum Gasteiger partial charge on any atom is -0.479 e. The van der Waals surface area contributed by atoms with Crippen molar-refractivity contribution in [3.8, 4) is 0 Å². The summed E-state index contributed by atoms with van der Waals surface area (Å²) in [7, 11) is 0. The zero-order chi connectivity index (χ0) is 12.1. The summed E-state index contributed by atoms with van der Waals surface area (Å²) in [6.07, 6.45) is -0.837. The Morgan fingerprint density at radius 2 is 2.06 bits per heavy atom. The van der Waals surface area contributed by atoms with Gasteiger partial charge in [0.2, 0.25) is 5.91 Å². The Kier molecular flexibility index (Phi) is 4.70. The predicted octanol–water partition coefficient (Wildman–Crippen LogP) is -0.494. The van der Waals surface area contributed by atoms with Crippen molar-refractivity contribution in [1.29, 1.82) is 0 Å². The molecule has 92 valence electrons. The number of ether oxygens (including phenoxy) is 1. The second kappa shape index (κ2) is 5.81. The van der Waals surface area contributed by atoms with Gasteiger partial charge in [0.05, 0.1) is 6.10 Å². The Hall–Kier alpha value is -1.14. The number of carbonyl (C=O) groups excluding carboxylic acids is 1. The van der Waals surface area contributed by atoms with Crippen molar-refractivity contribution in [3.63, 3.8) is 0 Å². The smallest absolute Gasteiger partial charge is 0.332 e. The number of carboxylic acids is 1. The third kappa shape index (κ3) is 3.46. The fraction of sp³-hybridized carbons (Fsp3) is 0.800. The number of hydrogen-bond acceptors (Lipinski definition) is 4. The number of carboxylic acid groups (broad SMARTS) is 1. The second-order valence-electron chi connectivity index (χ2n) is 3.84. The van der Waals surface area contributed by atoms with E-state index in [9.17, 15) is 14.7 Å². The van der Waals surface area contributed by atoms with Crippen LogP contribution in [0.5, 0.6) is 0 Å². The minimum atomic E-state index is -1.04. The highest BCUT2D eigenvalue weighted by atomic mass is 16.5. The van der Waals surface area contributed by atoms with Crippen LogP contribution in [0.4, 0.5) is 0 Å². The van der Waals surface area contributed by atoms with E-state index in [0.29, 0.717) is 19.3 Å². The highest BCUT2D eigenvalue weighted by Crippen LogP contribution is 2.19. The maximum atomic E-state index is 11.5. The van der Waals surface area contributed by atoms with Gasteiger partial charge in [0.25, 0.3) is 0 Å². The molecule has 1 saturated heterocycles. The summed E-state index contributed by atoms with van der Waals surface area (Å²) in [6.45, 7) is 1.98. The van der Waals surface area contributed by atoms with Crippen molar-refractivity contribution in [2.24, 2.45) is 0 Å². The summed E-state index contributed by atoms with van der Waals surface area (Å²) >= 11 is 0. The SMILES string of the molecule is CCC(O)CNC(=O)[C@@H]1CC[C@H](C(=O)O)O1. The summed E-state index contributed by atoms with van der Waals surface area (Å²) in [6, 6.07) is 0. The molecular weight excluding hydrogens is 214 g/mol. The second-order valence-corrected chi connectivity index (χ2v) is 3.84. The number of nitrogens with one attached hydrogen (secondary N) is 1. The molecule has 0 spiro atoms. The Morgan fingerprint density at radius 3 is 2.56 bits per heavy atom. The van der Waals surface area contributed by atoms with E-state index >= 15 is 0 Å². The molecule has 0 aromatic carbocycles. The van der Waals surface area contributed by atoms with Crippen molar-refractivity contribution in [1.82, 2.24) is 5.32 Å². The molecule has 0 bridgehead atoms. The molecule has 1 unspecified atom stereocenters. The van der Waals surface area contributed by atoms with Crippen molar-refractivity contribution in [2.75, 3.05) is 6.54 Å². The number of carbonyl (C=O) groups is 2. The summed E-state index contributed by atoms with van der Waals surface area (Å²) in [5.74, 6) is -1.39. The van der Waals surface area contributed by atoms with Gasteiger partial charge in [-0.2, -0.15) is 0 Å². The molecule has 0 saturated carbocycles. The van der Waals surface area contributed by atoms with Crippen molar-refractivity contribution < 1.29 is 24.5 Å². The maximum absolute atomic E-state index is 11.5. The van der Waals surface area contributed by atoms with Gasteiger partial charge in [0.15, 0.2) is 6.10 Å². The first kappa shape index (κ1) is 12.9. The van der Waals surface area contributed by atoms with Gasteiger partial charge in [-0.15, -0.1) is 0 Å². The molecule has 1 aliphatic heterocycles. The van der Waals surface area contributed by atoms with E-state index in [0.717, 1.165) is 0 Å². The molecule has 1 heterocycles. The first-order valence-corrected chi connectivity index (χ1v) is 5.38. The van der Waals surface area contributed by atoms with E-state index in [1.807, 2.05) is 6.92 Å². The zero-order valence-corrected chi connectivity index (χ0v) is 9.18. The zero-order valence-electron chi connectivity index (χ0n) is 9.18. The van der Waals surface area contributed by atoms with Crippen LogP contribution in [0.15, 0.2) is 0 Å². The van der Waals surface area contributed by atoms with E-state index in [4.69, 9.17) is 9.84 Å². The van der Waals surface area contributed by atoms with E-state index in [1.54, 1.807) is 0 Å². The third-order valence-electron chi connectivity index (χ3n) is 2.57. The molecule has 0 aromatic heterocycles. The van der Waals surface area contributed by atoms with E-state index in [-0.39, 0.29) is 12.5 Å². The first-order valence-electron chi connectivity index (χ1n) is 5.38. The summed E-state index contributed by atoms with van der Waals surface area (Å²) in [5.41, 5.74) is 0. The standard InChI is InChI=1S/C10H17NO5/c1-2-6(12)5-11-9(13)7-3-4-8(16-7)10(14)15/h6-8,12H,2-5H2,1H3,(H,11,13)(H,14,15)/t6?,7-,8+/m0/s1. The lowest BCUT2D eigenvalue weighted by Crippen LogP contribution is -2.39. The normalized spacial score (nSPS) is 26.4. The van der Waals surface area contributed by atoms with Crippen LogP contribution in [0.2, 0.25) is 0 Å². The van der Waals surface area contributed by atoms with Crippen LogP contribution in [0.3, 0.4) is 0 Å². The summed E-state index contributed by atoms with van der Waals surface area (Å²) < 4.78 is 5.06. The molecule has 1 fully saturated rings. The van der Waals surface area contributed by atoms with E-state index < -0.39 is 24.3 Å². The molecule has 0 aliphatic carbocycles. The number of aliphatic hydroxyl groups is 1. The van der Waals surface area contributed by atoms with Crippen molar-refractivity contribution in [3.05, 3.63) is 0 Å². The predicted molar refractivity (Wildman–Crippen MR) is 54.8 cm³/mol. The monoisotopic (exact) mass is 231 g/mol. The molecule has 3 atom stereocenters. The van der Waals surface area contributed by atoms with Crippen LogP contribution in [0.25, 0.3) is 0 Å². The average molecular weight is 231 g/mol. The van der Waals surface area contributed by atoms with Gasteiger partial charge in [-0.1, -0.05) is 6.92 Å². The molecule has 6 heteroatoms. The van der Waals surface area contributed by atoms with Gasteiger partial charge in [-0.05, 0) is 19.3 Å². The van der Waals surface area contributed by atoms with Crippen molar-refractivity contribution >= 4 is 11.9 Å². The van der Waals surface area contributed by atoms with Gasteiger partial charge >= 0.3 is 5.97 Å². The van der Waals surface area contributed by atoms with Crippen molar-refractivity contribution in [2.45, 2.75) is 44.5 Å². The molecule has 3 N–H and O–H groups in total. The Labute approximate surface area is 93.6 Å². The largest absolute Gasteiger partial charge is 0.479 e. The average Bonchev–Trinajstić information content (AvgIpc) is 2.74. The molecule has 1 aliphatic rings. The van der Waals surface area contributed by atoms with E-state index in [2.05, 4.69) is 5.32 Å². The minimum absolute atomic E-state index is 0.174. The Morgan fingerprint density at radius 1 is 1.44 bits per heavy atom. The lowest BCUT2D eigenvalue weighted by Gasteiger charge is -2.13. The lowest BCUT2D eigenvalue weighted by molar-refractivity contribution is -0.151.